The van der Waals surface area contributed by atoms with Crippen LogP contribution in [0.1, 0.15) is 50.1 Å². The lowest BCUT2D eigenvalue weighted by Crippen LogP contribution is -2.26. The van der Waals surface area contributed by atoms with Crippen molar-refractivity contribution < 1.29 is 4.52 Å². The van der Waals surface area contributed by atoms with Crippen LogP contribution in [-0.2, 0) is 0 Å². The normalized spacial score (nSPS) is 15.8. The zero-order chi connectivity index (χ0) is 15.8. The van der Waals surface area contributed by atoms with Crippen molar-refractivity contribution in [1.29, 1.82) is 0 Å². The minimum absolute atomic E-state index is 0. The number of hydrogen-bond donors (Lipinski definition) is 1. The topological polar surface area (TPSA) is 68.8 Å². The van der Waals surface area contributed by atoms with E-state index in [1.54, 1.807) is 4.68 Å². The second-order valence-corrected chi connectivity index (χ2v) is 6.43. The van der Waals surface area contributed by atoms with Gasteiger partial charge in [0.2, 0.25) is 5.89 Å². The first-order valence-electron chi connectivity index (χ1n) is 8.26. The van der Waals surface area contributed by atoms with Gasteiger partial charge in [-0.3, -0.25) is 0 Å². The Bertz CT molecular complexity index is 819. The minimum Gasteiger partial charge on any atom is -0.337 e. The van der Waals surface area contributed by atoms with E-state index in [4.69, 9.17) is 9.62 Å². The van der Waals surface area contributed by atoms with Crippen LogP contribution in [-0.4, -0.2) is 33.0 Å². The van der Waals surface area contributed by atoms with Crippen LogP contribution in [0.25, 0.3) is 16.9 Å². The van der Waals surface area contributed by atoms with E-state index in [0.717, 1.165) is 48.4 Å². The minimum atomic E-state index is 0. The second kappa shape index (κ2) is 6.91. The maximum Gasteiger partial charge on any atom is 0.291 e. The molecule has 7 heteroatoms. The third-order valence-electron chi connectivity index (χ3n) is 4.47. The summed E-state index contributed by atoms with van der Waals surface area (Å²) < 4.78 is 7.33. The lowest BCUT2D eigenvalue weighted by Gasteiger charge is -2.18. The Morgan fingerprint density at radius 3 is 2.71 bits per heavy atom. The molecule has 3 aromatic rings. The third kappa shape index (κ3) is 2.91. The first-order chi connectivity index (χ1) is 11.2. The summed E-state index contributed by atoms with van der Waals surface area (Å²) in [6.45, 7) is 6.31. The predicted octanol–water partition coefficient (Wildman–Crippen LogP) is 3.42. The van der Waals surface area contributed by atoms with Crippen molar-refractivity contribution in [3.63, 3.8) is 0 Å². The van der Waals surface area contributed by atoms with E-state index in [2.05, 4.69) is 41.4 Å². The lowest BCUT2D eigenvalue weighted by molar-refractivity contribution is 0.319. The summed E-state index contributed by atoms with van der Waals surface area (Å²) >= 11 is 0. The zero-order valence-corrected chi connectivity index (χ0v) is 14.7. The summed E-state index contributed by atoms with van der Waals surface area (Å²) in [6.07, 6.45) is 2.08. The highest BCUT2D eigenvalue weighted by atomic mass is 35.5. The van der Waals surface area contributed by atoms with Crippen LogP contribution in [0.5, 0.6) is 0 Å². The number of aromatic nitrogens is 4. The van der Waals surface area contributed by atoms with Crippen LogP contribution < -0.4 is 5.32 Å². The number of nitrogens with one attached hydrogen (secondary N) is 1. The van der Waals surface area contributed by atoms with Gasteiger partial charge in [-0.2, -0.15) is 14.8 Å². The van der Waals surface area contributed by atoms with Crippen LogP contribution >= 0.6 is 12.4 Å². The molecule has 1 fully saturated rings. The van der Waals surface area contributed by atoms with Gasteiger partial charge in [-0.1, -0.05) is 32.0 Å². The Hall–Kier alpha value is -1.92. The van der Waals surface area contributed by atoms with Gasteiger partial charge in [-0.25, -0.2) is 0 Å². The smallest absolute Gasteiger partial charge is 0.291 e. The SMILES string of the molecule is CC(C)c1nn(-c2noc(C3CCNCC3)n2)c2ccccc12.Cl. The maximum atomic E-state index is 5.53. The summed E-state index contributed by atoms with van der Waals surface area (Å²) in [6, 6.07) is 8.20. The van der Waals surface area contributed by atoms with Gasteiger partial charge < -0.3 is 9.84 Å². The van der Waals surface area contributed by atoms with Crippen molar-refractivity contribution in [3.05, 3.63) is 35.9 Å². The molecule has 4 rings (SSSR count). The molecule has 1 aliphatic rings. The summed E-state index contributed by atoms with van der Waals surface area (Å²) in [5, 5.41) is 13.4. The molecule has 0 saturated carbocycles. The molecule has 3 heterocycles. The number of para-hydroxylation sites is 1. The number of rotatable bonds is 3. The number of nitrogens with zero attached hydrogens (tertiary/aromatic N) is 4. The molecular weight excluding hydrogens is 326 g/mol. The average molecular weight is 348 g/mol. The van der Waals surface area contributed by atoms with Crippen LogP contribution in [0, 0.1) is 0 Å². The standard InChI is InChI=1S/C17H21N5O.ClH/c1-11(2)15-13-5-3-4-6-14(13)22(20-15)17-19-16(23-21-17)12-7-9-18-10-8-12;/h3-6,11-12,18H,7-10H2,1-2H3;1H. The Labute approximate surface area is 147 Å². The average Bonchev–Trinajstić information content (AvgIpc) is 3.20. The Balaban J connectivity index is 0.00000169. The Morgan fingerprint density at radius 2 is 1.96 bits per heavy atom. The number of benzene rings is 1. The van der Waals surface area contributed by atoms with E-state index < -0.39 is 0 Å². The van der Waals surface area contributed by atoms with Gasteiger partial charge in [-0.05, 0) is 43.1 Å². The van der Waals surface area contributed by atoms with E-state index in [0.29, 0.717) is 17.8 Å². The van der Waals surface area contributed by atoms with Gasteiger partial charge in [-0.15, -0.1) is 12.4 Å². The summed E-state index contributed by atoms with van der Waals surface area (Å²) in [7, 11) is 0. The fourth-order valence-corrected chi connectivity index (χ4v) is 3.22. The van der Waals surface area contributed by atoms with E-state index in [1.807, 2.05) is 12.1 Å². The van der Waals surface area contributed by atoms with Crippen molar-refractivity contribution in [3.8, 4) is 5.95 Å². The first kappa shape index (κ1) is 16.9. The van der Waals surface area contributed by atoms with Crippen molar-refractivity contribution >= 4 is 23.3 Å². The molecule has 1 aromatic carbocycles. The van der Waals surface area contributed by atoms with E-state index in [1.165, 1.54) is 0 Å². The quantitative estimate of drug-likeness (QED) is 0.786. The molecule has 1 saturated heterocycles. The van der Waals surface area contributed by atoms with Gasteiger partial charge in [0.25, 0.3) is 5.95 Å². The molecule has 2 aromatic heterocycles. The van der Waals surface area contributed by atoms with Gasteiger partial charge in [0.05, 0.1) is 11.2 Å². The first-order valence-corrected chi connectivity index (χ1v) is 8.26. The van der Waals surface area contributed by atoms with Gasteiger partial charge >= 0.3 is 0 Å². The summed E-state index contributed by atoms with van der Waals surface area (Å²) in [5.41, 5.74) is 2.09. The van der Waals surface area contributed by atoms with Crippen molar-refractivity contribution in [2.45, 2.75) is 38.5 Å². The van der Waals surface area contributed by atoms with E-state index in [9.17, 15) is 0 Å². The monoisotopic (exact) mass is 347 g/mol. The molecule has 0 bridgehead atoms. The molecule has 0 spiro atoms. The van der Waals surface area contributed by atoms with Crippen LogP contribution in [0.4, 0.5) is 0 Å². The second-order valence-electron chi connectivity index (χ2n) is 6.43. The van der Waals surface area contributed by atoms with Gasteiger partial charge in [0, 0.05) is 11.3 Å². The van der Waals surface area contributed by atoms with Crippen LogP contribution in [0.2, 0.25) is 0 Å². The highest BCUT2D eigenvalue weighted by molar-refractivity contribution is 5.85. The van der Waals surface area contributed by atoms with E-state index >= 15 is 0 Å². The Morgan fingerprint density at radius 1 is 1.21 bits per heavy atom. The maximum absolute atomic E-state index is 5.53. The molecule has 0 aliphatic carbocycles. The van der Waals surface area contributed by atoms with Crippen molar-refractivity contribution in [2.75, 3.05) is 13.1 Å². The molecule has 1 N–H and O–H groups in total. The zero-order valence-electron chi connectivity index (χ0n) is 13.9. The number of halogens is 1. The van der Waals surface area contributed by atoms with Crippen molar-refractivity contribution in [2.24, 2.45) is 0 Å². The van der Waals surface area contributed by atoms with Crippen LogP contribution in [0.3, 0.4) is 0 Å². The molecule has 24 heavy (non-hydrogen) atoms. The lowest BCUT2D eigenvalue weighted by atomic mass is 9.98. The highest BCUT2D eigenvalue weighted by Crippen LogP contribution is 2.28. The van der Waals surface area contributed by atoms with E-state index in [-0.39, 0.29) is 12.4 Å². The molecular formula is C17H22ClN5O. The third-order valence-corrected chi connectivity index (χ3v) is 4.47. The van der Waals surface area contributed by atoms with Crippen molar-refractivity contribution in [1.82, 2.24) is 25.2 Å². The number of hydrogen-bond acceptors (Lipinski definition) is 5. The number of piperidine rings is 1. The van der Waals surface area contributed by atoms with Gasteiger partial charge in [0.15, 0.2) is 0 Å². The summed E-state index contributed by atoms with van der Waals surface area (Å²) in [5.74, 6) is 1.95. The van der Waals surface area contributed by atoms with Gasteiger partial charge in [0.1, 0.15) is 0 Å². The fourth-order valence-electron chi connectivity index (χ4n) is 3.22. The molecule has 6 nitrogen and oxygen atoms in total. The molecule has 0 amide bonds. The molecule has 128 valence electrons. The predicted molar refractivity (Wildman–Crippen MR) is 95.1 cm³/mol. The fraction of sp³-hybridized carbons (Fsp3) is 0.471. The number of fused-ring (bicyclic) bond motifs is 1. The van der Waals surface area contributed by atoms with Crippen LogP contribution in [0.15, 0.2) is 28.8 Å². The molecule has 0 atom stereocenters. The molecule has 1 aliphatic heterocycles. The molecule has 0 radical (unpaired) electrons. The highest BCUT2D eigenvalue weighted by Gasteiger charge is 2.23. The largest absolute Gasteiger partial charge is 0.337 e. The Kier molecular flexibility index (Phi) is 4.87. The molecule has 0 unspecified atom stereocenters. The summed E-state index contributed by atoms with van der Waals surface area (Å²) in [4.78, 5) is 4.62.